The van der Waals surface area contributed by atoms with E-state index in [1.54, 1.807) is 4.52 Å². The number of nitrogens with one attached hydrogen (secondary N) is 1. The van der Waals surface area contributed by atoms with E-state index in [0.717, 1.165) is 47.7 Å². The number of piperazine rings is 1. The molecule has 0 unspecified atom stereocenters. The van der Waals surface area contributed by atoms with Crippen LogP contribution in [-0.4, -0.2) is 79.8 Å². The molecule has 1 fully saturated rings. The van der Waals surface area contributed by atoms with Gasteiger partial charge in [-0.1, -0.05) is 13.8 Å². The normalized spacial score (nSPS) is 15.1. The Morgan fingerprint density at radius 1 is 1.30 bits per heavy atom. The first kappa shape index (κ1) is 20.0. The molecule has 4 heterocycles. The maximum Gasteiger partial charge on any atom is 0.272 e. The Balaban J connectivity index is 1.61. The van der Waals surface area contributed by atoms with Crippen molar-refractivity contribution in [2.75, 3.05) is 39.3 Å². The van der Waals surface area contributed by atoms with E-state index in [1.807, 2.05) is 24.1 Å². The lowest BCUT2D eigenvalue weighted by Gasteiger charge is -2.33. The van der Waals surface area contributed by atoms with Gasteiger partial charge in [-0.15, -0.1) is 0 Å². The van der Waals surface area contributed by atoms with E-state index in [1.165, 1.54) is 6.33 Å². The number of rotatable bonds is 5. The fraction of sp³-hybridized carbons (Fsp3) is 0.476. The molecular formula is C21H26N8O. The zero-order valence-corrected chi connectivity index (χ0v) is 17.6. The molecule has 156 valence electrons. The van der Waals surface area contributed by atoms with Gasteiger partial charge >= 0.3 is 0 Å². The molecular weight excluding hydrogens is 380 g/mol. The summed E-state index contributed by atoms with van der Waals surface area (Å²) < 4.78 is 1.74. The standard InChI is InChI=1S/C21H26N8O/c1-14(2)17-18(16-11-15(3)20-23-13-24-29(20)12-16)25-26-19(17)21(30)28-9-7-27(8-10-28)6-5-22-4/h11-14H,5-10H2,1-3H3,(H,25,26). The molecule has 0 saturated carbocycles. The number of carbonyl (C=O) groups is 1. The Morgan fingerprint density at radius 2 is 2.07 bits per heavy atom. The number of hydrogen-bond donors (Lipinski definition) is 1. The lowest BCUT2D eigenvalue weighted by Crippen LogP contribution is -2.49. The van der Waals surface area contributed by atoms with Crippen LogP contribution in [0.4, 0.5) is 0 Å². The third kappa shape index (κ3) is 3.66. The first-order valence-electron chi connectivity index (χ1n) is 10.2. The van der Waals surface area contributed by atoms with Crippen molar-refractivity contribution in [2.45, 2.75) is 26.7 Å². The van der Waals surface area contributed by atoms with Crippen molar-refractivity contribution >= 4 is 11.6 Å². The van der Waals surface area contributed by atoms with Crippen molar-refractivity contribution in [3.05, 3.63) is 46.8 Å². The van der Waals surface area contributed by atoms with Gasteiger partial charge in [0, 0.05) is 43.5 Å². The number of fused-ring (bicyclic) bond motifs is 1. The molecule has 3 aromatic heterocycles. The van der Waals surface area contributed by atoms with Crippen molar-refractivity contribution in [2.24, 2.45) is 0 Å². The molecule has 4 rings (SSSR count). The average molecular weight is 406 g/mol. The number of aryl methyl sites for hydroxylation is 1. The molecule has 1 saturated heterocycles. The number of hydrogen-bond acceptors (Lipinski definition) is 5. The predicted octanol–water partition coefficient (Wildman–Crippen LogP) is 2.23. The highest BCUT2D eigenvalue weighted by atomic mass is 16.2. The summed E-state index contributed by atoms with van der Waals surface area (Å²) in [6, 6.07) is 2.04. The topological polar surface area (TPSA) is 86.8 Å². The second-order valence-electron chi connectivity index (χ2n) is 7.97. The molecule has 0 aliphatic carbocycles. The van der Waals surface area contributed by atoms with E-state index >= 15 is 0 Å². The van der Waals surface area contributed by atoms with Crippen molar-refractivity contribution < 1.29 is 4.79 Å². The van der Waals surface area contributed by atoms with Gasteiger partial charge in [-0.05, 0) is 24.5 Å². The highest BCUT2D eigenvalue weighted by molar-refractivity contribution is 5.96. The third-order valence-electron chi connectivity index (χ3n) is 5.62. The SMILES string of the molecule is [C-]#[N+]CCN1CCN(C(=O)c2[nH]nc(-c3cc(C)c4ncnn4c3)c2C(C)C)CC1. The zero-order valence-electron chi connectivity index (χ0n) is 17.6. The summed E-state index contributed by atoms with van der Waals surface area (Å²) in [6.07, 6.45) is 3.44. The smallest absolute Gasteiger partial charge is 0.272 e. The number of aromatic amines is 1. The minimum absolute atomic E-state index is 0.0131. The second-order valence-corrected chi connectivity index (χ2v) is 7.97. The van der Waals surface area contributed by atoms with Gasteiger partial charge in [0.15, 0.2) is 5.65 Å². The van der Waals surface area contributed by atoms with Crippen LogP contribution < -0.4 is 0 Å². The Bertz CT molecular complexity index is 1100. The molecule has 9 nitrogen and oxygen atoms in total. The monoisotopic (exact) mass is 406 g/mol. The fourth-order valence-electron chi connectivity index (χ4n) is 4.04. The molecule has 3 aromatic rings. The van der Waals surface area contributed by atoms with Crippen LogP contribution in [0.3, 0.4) is 0 Å². The Morgan fingerprint density at radius 3 is 2.77 bits per heavy atom. The summed E-state index contributed by atoms with van der Waals surface area (Å²) in [5.74, 6) is 0.116. The summed E-state index contributed by atoms with van der Waals surface area (Å²) in [5.41, 5.74) is 5.00. The van der Waals surface area contributed by atoms with Crippen molar-refractivity contribution in [3.8, 4) is 11.3 Å². The molecule has 0 atom stereocenters. The predicted molar refractivity (Wildman–Crippen MR) is 113 cm³/mol. The average Bonchev–Trinajstić information content (AvgIpc) is 3.39. The number of aromatic nitrogens is 5. The lowest BCUT2D eigenvalue weighted by molar-refractivity contribution is 0.0635. The van der Waals surface area contributed by atoms with Gasteiger partial charge in [-0.3, -0.25) is 14.8 Å². The van der Waals surface area contributed by atoms with Crippen molar-refractivity contribution in [1.29, 1.82) is 0 Å². The van der Waals surface area contributed by atoms with Crippen LogP contribution in [0.2, 0.25) is 0 Å². The van der Waals surface area contributed by atoms with Crippen molar-refractivity contribution in [3.63, 3.8) is 0 Å². The number of H-pyrrole nitrogens is 1. The van der Waals surface area contributed by atoms with Crippen LogP contribution in [0.25, 0.3) is 21.7 Å². The summed E-state index contributed by atoms with van der Waals surface area (Å²) in [4.78, 5) is 25.1. The lowest BCUT2D eigenvalue weighted by atomic mass is 9.96. The first-order chi connectivity index (χ1) is 14.5. The van der Waals surface area contributed by atoms with E-state index in [9.17, 15) is 4.79 Å². The molecule has 0 radical (unpaired) electrons. The fourth-order valence-corrected chi connectivity index (χ4v) is 4.04. The minimum atomic E-state index is -0.0131. The molecule has 1 aliphatic heterocycles. The molecule has 0 bridgehead atoms. The Kier molecular flexibility index (Phi) is 5.50. The Hall–Kier alpha value is -3.25. The van der Waals surface area contributed by atoms with Crippen LogP contribution in [0.1, 0.15) is 41.4 Å². The molecule has 9 heteroatoms. The summed E-state index contributed by atoms with van der Waals surface area (Å²) in [6.45, 7) is 17.3. The second kappa shape index (κ2) is 8.24. The zero-order chi connectivity index (χ0) is 21.3. The van der Waals surface area contributed by atoms with E-state index in [4.69, 9.17) is 6.57 Å². The summed E-state index contributed by atoms with van der Waals surface area (Å²) in [7, 11) is 0. The molecule has 1 amide bonds. The summed E-state index contributed by atoms with van der Waals surface area (Å²) >= 11 is 0. The van der Waals surface area contributed by atoms with Crippen LogP contribution in [0, 0.1) is 13.5 Å². The van der Waals surface area contributed by atoms with Gasteiger partial charge < -0.3 is 9.74 Å². The van der Waals surface area contributed by atoms with Gasteiger partial charge in [0.05, 0.1) is 12.2 Å². The van der Waals surface area contributed by atoms with E-state index in [-0.39, 0.29) is 11.8 Å². The molecule has 1 N–H and O–H groups in total. The van der Waals surface area contributed by atoms with E-state index < -0.39 is 0 Å². The number of pyridine rings is 1. The largest absolute Gasteiger partial charge is 0.335 e. The molecule has 0 aromatic carbocycles. The van der Waals surface area contributed by atoms with Crippen LogP contribution in [-0.2, 0) is 0 Å². The first-order valence-corrected chi connectivity index (χ1v) is 10.2. The highest BCUT2D eigenvalue weighted by Gasteiger charge is 2.28. The highest BCUT2D eigenvalue weighted by Crippen LogP contribution is 2.31. The minimum Gasteiger partial charge on any atom is -0.335 e. The van der Waals surface area contributed by atoms with Crippen LogP contribution >= 0.6 is 0 Å². The molecule has 0 spiro atoms. The van der Waals surface area contributed by atoms with Crippen LogP contribution in [0.5, 0.6) is 0 Å². The quantitative estimate of drug-likeness (QED) is 0.657. The van der Waals surface area contributed by atoms with Gasteiger partial charge in [0.25, 0.3) is 5.91 Å². The van der Waals surface area contributed by atoms with Gasteiger partial charge in [0.1, 0.15) is 12.0 Å². The van der Waals surface area contributed by atoms with E-state index in [0.29, 0.717) is 25.3 Å². The number of amides is 1. The molecule has 1 aliphatic rings. The van der Waals surface area contributed by atoms with Crippen LogP contribution in [0.15, 0.2) is 18.6 Å². The van der Waals surface area contributed by atoms with Gasteiger partial charge in [0.2, 0.25) is 6.54 Å². The maximum atomic E-state index is 13.3. The summed E-state index contributed by atoms with van der Waals surface area (Å²) in [5, 5.41) is 11.8. The third-order valence-corrected chi connectivity index (χ3v) is 5.62. The van der Waals surface area contributed by atoms with Gasteiger partial charge in [-0.2, -0.15) is 10.2 Å². The van der Waals surface area contributed by atoms with Crippen molar-refractivity contribution in [1.82, 2.24) is 34.6 Å². The maximum absolute atomic E-state index is 13.3. The number of nitrogens with zero attached hydrogens (tertiary/aromatic N) is 7. The molecule has 30 heavy (non-hydrogen) atoms. The number of carbonyl (C=O) groups excluding carboxylic acids is 1. The van der Waals surface area contributed by atoms with E-state index in [2.05, 4.69) is 43.9 Å². The van der Waals surface area contributed by atoms with Gasteiger partial charge in [-0.25, -0.2) is 16.1 Å². The Labute approximate surface area is 175 Å².